The largest absolute Gasteiger partial charge is 0.487 e. The Morgan fingerprint density at radius 3 is 2.44 bits per heavy atom. The first-order valence-electron chi connectivity index (χ1n) is 8.27. The molecule has 0 bridgehead atoms. The number of nitrogens with two attached hydrogens (primary N) is 1. The topological polar surface area (TPSA) is 125 Å². The quantitative estimate of drug-likeness (QED) is 0.370. The molecule has 27 heavy (non-hydrogen) atoms. The minimum atomic E-state index is -0.713. The molecule has 0 fully saturated rings. The maximum absolute atomic E-state index is 11.9. The molecule has 1 aromatic rings. The van der Waals surface area contributed by atoms with E-state index < -0.39 is 22.5 Å². The minimum absolute atomic E-state index is 0.0383. The van der Waals surface area contributed by atoms with Gasteiger partial charge in [0.25, 0.3) is 0 Å². The molecule has 0 atom stereocenters. The Hall–Kier alpha value is -2.36. The van der Waals surface area contributed by atoms with Crippen molar-refractivity contribution < 1.29 is 24.0 Å². The molecule has 2 N–H and O–H groups in total. The van der Waals surface area contributed by atoms with Crippen molar-refractivity contribution in [2.24, 2.45) is 5.73 Å². The third-order valence-corrected chi connectivity index (χ3v) is 3.95. The lowest BCUT2D eigenvalue weighted by molar-refractivity contribution is -0.386. The Morgan fingerprint density at radius 1 is 1.30 bits per heavy atom. The van der Waals surface area contributed by atoms with Gasteiger partial charge in [-0.05, 0) is 55.6 Å². The molecule has 0 aliphatic rings. The second kappa shape index (κ2) is 9.54. The fraction of sp³-hybridized carbons (Fsp3) is 0.529. The summed E-state index contributed by atoms with van der Waals surface area (Å²) < 4.78 is 10.8. The lowest BCUT2D eigenvalue weighted by Crippen LogP contribution is -2.34. The van der Waals surface area contributed by atoms with Crippen LogP contribution in [0.4, 0.5) is 10.5 Å². The van der Waals surface area contributed by atoms with Crippen molar-refractivity contribution in [2.45, 2.75) is 39.2 Å². The maximum atomic E-state index is 11.9. The number of hydrogen-bond acceptors (Lipinski definition) is 6. The maximum Gasteiger partial charge on any atom is 0.410 e. The Bertz CT molecular complexity index is 717. The number of nitrogens with zero attached hydrogens (tertiary/aromatic N) is 2. The van der Waals surface area contributed by atoms with Gasteiger partial charge in [0, 0.05) is 25.2 Å². The van der Waals surface area contributed by atoms with E-state index in [4.69, 9.17) is 15.2 Å². The van der Waals surface area contributed by atoms with Crippen LogP contribution >= 0.6 is 15.9 Å². The van der Waals surface area contributed by atoms with Gasteiger partial charge in [0.1, 0.15) is 10.1 Å². The van der Waals surface area contributed by atoms with E-state index in [9.17, 15) is 19.7 Å². The third kappa shape index (κ3) is 7.41. The fourth-order valence-electron chi connectivity index (χ4n) is 2.07. The van der Waals surface area contributed by atoms with Crippen molar-refractivity contribution in [3.8, 4) is 5.75 Å². The molecule has 0 unspecified atom stereocenters. The summed E-state index contributed by atoms with van der Waals surface area (Å²) in [7, 11) is 1.63. The summed E-state index contributed by atoms with van der Waals surface area (Å²) in [6.45, 7) is 6.00. The lowest BCUT2D eigenvalue weighted by Gasteiger charge is -2.24. The van der Waals surface area contributed by atoms with Crippen LogP contribution in [0.3, 0.4) is 0 Å². The third-order valence-electron chi connectivity index (χ3n) is 3.35. The van der Waals surface area contributed by atoms with E-state index in [1.165, 1.54) is 17.0 Å². The molecule has 150 valence electrons. The van der Waals surface area contributed by atoms with Crippen LogP contribution in [0.2, 0.25) is 0 Å². The highest BCUT2D eigenvalue weighted by atomic mass is 79.9. The van der Waals surface area contributed by atoms with E-state index in [2.05, 4.69) is 15.9 Å². The van der Waals surface area contributed by atoms with Crippen molar-refractivity contribution in [1.29, 1.82) is 0 Å². The summed E-state index contributed by atoms with van der Waals surface area (Å²) in [4.78, 5) is 35.2. The zero-order valence-corrected chi connectivity index (χ0v) is 17.4. The van der Waals surface area contributed by atoms with Gasteiger partial charge < -0.3 is 20.1 Å². The monoisotopic (exact) mass is 445 g/mol. The summed E-state index contributed by atoms with van der Waals surface area (Å²) >= 11 is 3.06. The highest BCUT2D eigenvalue weighted by Gasteiger charge is 2.23. The van der Waals surface area contributed by atoms with Crippen molar-refractivity contribution >= 4 is 33.6 Å². The van der Waals surface area contributed by atoms with E-state index in [0.717, 1.165) is 0 Å². The summed E-state index contributed by atoms with van der Waals surface area (Å²) in [5.74, 6) is -0.752. The smallest absolute Gasteiger partial charge is 0.410 e. The van der Waals surface area contributed by atoms with Gasteiger partial charge in [-0.1, -0.05) is 0 Å². The van der Waals surface area contributed by atoms with Gasteiger partial charge in [0.2, 0.25) is 5.91 Å². The zero-order valence-electron chi connectivity index (χ0n) is 15.8. The summed E-state index contributed by atoms with van der Waals surface area (Å²) in [6, 6.07) is 2.53. The normalized spacial score (nSPS) is 11.0. The van der Waals surface area contributed by atoms with Crippen LogP contribution in [0.1, 0.15) is 44.0 Å². The molecule has 2 amide bonds. The number of halogens is 1. The van der Waals surface area contributed by atoms with Crippen LogP contribution in [0.25, 0.3) is 0 Å². The number of benzene rings is 1. The Kier molecular flexibility index (Phi) is 8.01. The minimum Gasteiger partial charge on any atom is -0.487 e. The molecular weight excluding hydrogens is 422 g/mol. The molecule has 0 heterocycles. The average molecular weight is 446 g/mol. The molecule has 0 aliphatic carbocycles. The number of ether oxygens (including phenoxy) is 2. The molecule has 10 heteroatoms. The molecule has 0 aromatic heterocycles. The first kappa shape index (κ1) is 22.7. The molecule has 1 aromatic carbocycles. The molecule has 0 saturated heterocycles. The van der Waals surface area contributed by atoms with Crippen LogP contribution in [0.15, 0.2) is 16.6 Å². The summed E-state index contributed by atoms with van der Waals surface area (Å²) in [5, 5.41) is 11.2. The van der Waals surface area contributed by atoms with Crippen molar-refractivity contribution in [3.05, 3.63) is 32.3 Å². The van der Waals surface area contributed by atoms with Gasteiger partial charge in [-0.3, -0.25) is 14.9 Å². The SMILES string of the molecule is CN(CCCCOc1cc(C(N)=O)cc(Br)c1[N+](=O)[O-])C(=O)OC(C)(C)C. The number of primary amides is 1. The molecule has 0 spiro atoms. The highest BCUT2D eigenvalue weighted by molar-refractivity contribution is 9.10. The number of carbonyl (C=O) groups is 2. The van der Waals surface area contributed by atoms with Gasteiger partial charge in [0.15, 0.2) is 5.75 Å². The van der Waals surface area contributed by atoms with E-state index in [0.29, 0.717) is 19.4 Å². The Balaban J connectivity index is 2.60. The molecule has 0 aliphatic heterocycles. The molecule has 0 radical (unpaired) electrons. The molecule has 0 saturated carbocycles. The number of hydrogen-bond donors (Lipinski definition) is 1. The molecule has 1 rings (SSSR count). The second-order valence-corrected chi connectivity index (χ2v) is 7.74. The number of nitro groups is 1. The number of nitro benzene ring substituents is 1. The average Bonchev–Trinajstić information content (AvgIpc) is 2.51. The van der Waals surface area contributed by atoms with Crippen LogP contribution < -0.4 is 10.5 Å². The fourth-order valence-corrected chi connectivity index (χ4v) is 2.65. The van der Waals surface area contributed by atoms with Crippen LogP contribution in [0.5, 0.6) is 5.75 Å². The van der Waals surface area contributed by atoms with Gasteiger partial charge in [-0.2, -0.15) is 0 Å². The first-order valence-corrected chi connectivity index (χ1v) is 9.06. The van der Waals surface area contributed by atoms with E-state index in [1.54, 1.807) is 27.8 Å². The van der Waals surface area contributed by atoms with Gasteiger partial charge in [-0.25, -0.2) is 4.79 Å². The summed E-state index contributed by atoms with van der Waals surface area (Å²) in [6.07, 6.45) is 0.736. The van der Waals surface area contributed by atoms with Crippen molar-refractivity contribution in [3.63, 3.8) is 0 Å². The van der Waals surface area contributed by atoms with E-state index >= 15 is 0 Å². The van der Waals surface area contributed by atoms with Crippen LogP contribution in [-0.2, 0) is 4.74 Å². The van der Waals surface area contributed by atoms with Crippen molar-refractivity contribution in [1.82, 2.24) is 4.90 Å². The highest BCUT2D eigenvalue weighted by Crippen LogP contribution is 2.36. The van der Waals surface area contributed by atoms with E-state index in [1.807, 2.05) is 0 Å². The number of rotatable bonds is 8. The van der Waals surface area contributed by atoms with Gasteiger partial charge in [-0.15, -0.1) is 0 Å². The van der Waals surface area contributed by atoms with E-state index in [-0.39, 0.29) is 28.1 Å². The first-order chi connectivity index (χ1) is 12.4. The standard InChI is InChI=1S/C17H24BrN3O6/c1-17(2,3)27-16(23)20(4)7-5-6-8-26-13-10-11(15(19)22)9-12(18)14(13)21(24)25/h9-10H,5-8H2,1-4H3,(H2,19,22). The number of unbranched alkanes of at least 4 members (excludes halogenated alkanes) is 1. The molecular formula is C17H24BrN3O6. The number of carbonyl (C=O) groups excluding carboxylic acids is 2. The second-order valence-electron chi connectivity index (χ2n) is 6.88. The Morgan fingerprint density at radius 2 is 1.93 bits per heavy atom. The van der Waals surface area contributed by atoms with Crippen LogP contribution in [-0.4, -0.2) is 47.6 Å². The predicted octanol–water partition coefficient (Wildman–Crippen LogP) is 3.48. The van der Waals surface area contributed by atoms with Gasteiger partial charge >= 0.3 is 11.8 Å². The zero-order chi connectivity index (χ0) is 20.8. The van der Waals surface area contributed by atoms with Gasteiger partial charge in [0.05, 0.1) is 11.5 Å². The van der Waals surface area contributed by atoms with Crippen molar-refractivity contribution in [2.75, 3.05) is 20.2 Å². The Labute approximate surface area is 166 Å². The van der Waals surface area contributed by atoms with Crippen LogP contribution in [0, 0.1) is 10.1 Å². The molecule has 9 nitrogen and oxygen atoms in total. The predicted molar refractivity (Wildman–Crippen MR) is 103 cm³/mol. The summed E-state index contributed by atoms with van der Waals surface area (Å²) in [5.41, 5.74) is 4.49. The number of amides is 2. The lowest BCUT2D eigenvalue weighted by atomic mass is 10.2.